The molecule has 1 aliphatic heterocycles. The molecule has 7 heteroatoms. The van der Waals surface area contributed by atoms with E-state index in [9.17, 15) is 5.26 Å². The summed E-state index contributed by atoms with van der Waals surface area (Å²) < 4.78 is 0. The number of nitrogens with zero attached hydrogens (tertiary/aromatic N) is 5. The van der Waals surface area contributed by atoms with Crippen LogP contribution in [0.3, 0.4) is 0 Å². The Morgan fingerprint density at radius 1 is 1.12 bits per heavy atom. The first kappa shape index (κ1) is 20.7. The standard InChI is InChI=1S/C27H25N7/c1-29-34-13-11-17(12-14-34)23-8-6-19(16-30-23)26-27-25(32-33-26)10-9-24(31-27)22-4-2-3-20-18(15-28)5-7-21(20)22/h2-4,6,8-11,16,18,29H,5,7,12-14H2,1H3,(H,32,33). The van der Waals surface area contributed by atoms with Gasteiger partial charge in [-0.15, -0.1) is 0 Å². The highest BCUT2D eigenvalue weighted by Crippen LogP contribution is 2.39. The summed E-state index contributed by atoms with van der Waals surface area (Å²) in [5.41, 5.74) is 13.4. The molecule has 2 N–H and O–H groups in total. The van der Waals surface area contributed by atoms with E-state index < -0.39 is 0 Å². The molecule has 0 radical (unpaired) electrons. The first-order valence-corrected chi connectivity index (χ1v) is 11.7. The smallest absolute Gasteiger partial charge is 0.120 e. The zero-order valence-electron chi connectivity index (χ0n) is 19.0. The molecule has 0 saturated heterocycles. The van der Waals surface area contributed by atoms with Gasteiger partial charge in [-0.2, -0.15) is 10.4 Å². The van der Waals surface area contributed by atoms with E-state index in [4.69, 9.17) is 9.97 Å². The van der Waals surface area contributed by atoms with Crippen molar-refractivity contribution in [2.75, 3.05) is 20.1 Å². The Labute approximate surface area is 198 Å². The van der Waals surface area contributed by atoms with Crippen LogP contribution in [-0.2, 0) is 6.42 Å². The summed E-state index contributed by atoms with van der Waals surface area (Å²) >= 11 is 0. The lowest BCUT2D eigenvalue weighted by atomic mass is 9.97. The van der Waals surface area contributed by atoms with Crippen LogP contribution in [0, 0.1) is 11.3 Å². The number of hydrazine groups is 1. The van der Waals surface area contributed by atoms with Gasteiger partial charge in [-0.3, -0.25) is 15.5 Å². The van der Waals surface area contributed by atoms with Gasteiger partial charge >= 0.3 is 0 Å². The van der Waals surface area contributed by atoms with E-state index in [1.165, 1.54) is 11.1 Å². The number of hydrogen-bond donors (Lipinski definition) is 2. The van der Waals surface area contributed by atoms with Gasteiger partial charge < -0.3 is 0 Å². The summed E-state index contributed by atoms with van der Waals surface area (Å²) in [6, 6.07) is 16.9. The Hall–Kier alpha value is -3.86. The molecular weight excluding hydrogens is 422 g/mol. The van der Waals surface area contributed by atoms with Crippen LogP contribution in [0.25, 0.3) is 39.1 Å². The molecule has 1 aromatic carbocycles. The van der Waals surface area contributed by atoms with Crippen LogP contribution in [0.4, 0.5) is 0 Å². The zero-order chi connectivity index (χ0) is 23.1. The van der Waals surface area contributed by atoms with Crippen LogP contribution in [0.1, 0.15) is 35.6 Å². The van der Waals surface area contributed by atoms with E-state index in [0.717, 1.165) is 77.2 Å². The molecule has 1 atom stereocenters. The Kier molecular flexibility index (Phi) is 5.17. The molecule has 4 heterocycles. The third-order valence-corrected chi connectivity index (χ3v) is 7.00. The van der Waals surface area contributed by atoms with E-state index in [1.807, 2.05) is 31.4 Å². The minimum atomic E-state index is -0.0201. The van der Waals surface area contributed by atoms with Crippen LogP contribution in [-0.4, -0.2) is 45.3 Å². The molecule has 0 amide bonds. The summed E-state index contributed by atoms with van der Waals surface area (Å²) in [6.07, 6.45) is 6.88. The topological polar surface area (TPSA) is 93.5 Å². The largest absolute Gasteiger partial charge is 0.276 e. The average molecular weight is 448 g/mol. The monoisotopic (exact) mass is 447 g/mol. The Morgan fingerprint density at radius 2 is 2.03 bits per heavy atom. The molecule has 0 saturated carbocycles. The second-order valence-corrected chi connectivity index (χ2v) is 8.84. The number of benzene rings is 1. The fourth-order valence-corrected chi connectivity index (χ4v) is 5.11. The van der Waals surface area contributed by atoms with Crippen molar-refractivity contribution in [2.24, 2.45) is 0 Å². The summed E-state index contributed by atoms with van der Waals surface area (Å²) in [6.45, 7) is 1.85. The fraction of sp³-hybridized carbons (Fsp3) is 0.259. The molecular formula is C27H25N7. The van der Waals surface area contributed by atoms with Gasteiger partial charge in [0.15, 0.2) is 0 Å². The van der Waals surface area contributed by atoms with Crippen LogP contribution < -0.4 is 5.43 Å². The normalized spacial score (nSPS) is 18.0. The quantitative estimate of drug-likeness (QED) is 0.480. The first-order valence-electron chi connectivity index (χ1n) is 11.7. The van der Waals surface area contributed by atoms with Gasteiger partial charge in [0, 0.05) is 30.4 Å². The Morgan fingerprint density at radius 3 is 2.79 bits per heavy atom. The average Bonchev–Trinajstić information content (AvgIpc) is 3.52. The van der Waals surface area contributed by atoms with Gasteiger partial charge in [0.05, 0.1) is 28.9 Å². The number of nitriles is 1. The number of hydrogen-bond acceptors (Lipinski definition) is 6. The van der Waals surface area contributed by atoms with Crippen molar-refractivity contribution in [3.05, 3.63) is 71.6 Å². The molecule has 6 rings (SSSR count). The minimum absolute atomic E-state index is 0.0201. The van der Waals surface area contributed by atoms with E-state index >= 15 is 0 Å². The molecule has 3 aromatic heterocycles. The first-order chi connectivity index (χ1) is 16.7. The molecule has 0 bridgehead atoms. The third kappa shape index (κ3) is 3.48. The fourth-order valence-electron chi connectivity index (χ4n) is 5.11. The molecule has 168 valence electrons. The van der Waals surface area contributed by atoms with E-state index in [1.54, 1.807) is 0 Å². The van der Waals surface area contributed by atoms with Gasteiger partial charge in [-0.25, -0.2) is 9.99 Å². The minimum Gasteiger partial charge on any atom is -0.276 e. The molecule has 7 nitrogen and oxygen atoms in total. The maximum absolute atomic E-state index is 9.48. The highest BCUT2D eigenvalue weighted by molar-refractivity contribution is 5.91. The Balaban J connectivity index is 1.35. The van der Waals surface area contributed by atoms with Crippen LogP contribution >= 0.6 is 0 Å². The molecule has 4 aromatic rings. The number of fused-ring (bicyclic) bond motifs is 2. The number of aromatic nitrogens is 4. The van der Waals surface area contributed by atoms with E-state index in [-0.39, 0.29) is 5.92 Å². The van der Waals surface area contributed by atoms with Gasteiger partial charge in [0.25, 0.3) is 0 Å². The summed E-state index contributed by atoms with van der Waals surface area (Å²) in [5, 5.41) is 19.3. The number of nitrogens with one attached hydrogen (secondary N) is 2. The van der Waals surface area contributed by atoms with Crippen molar-refractivity contribution < 1.29 is 0 Å². The lowest BCUT2D eigenvalue weighted by Crippen LogP contribution is -2.38. The molecule has 34 heavy (non-hydrogen) atoms. The third-order valence-electron chi connectivity index (χ3n) is 7.00. The summed E-state index contributed by atoms with van der Waals surface area (Å²) in [7, 11) is 1.95. The van der Waals surface area contributed by atoms with Crippen molar-refractivity contribution in [2.45, 2.75) is 25.2 Å². The van der Waals surface area contributed by atoms with Crippen LogP contribution in [0.5, 0.6) is 0 Å². The van der Waals surface area contributed by atoms with Gasteiger partial charge in [0.2, 0.25) is 0 Å². The van der Waals surface area contributed by atoms with Crippen molar-refractivity contribution in [3.63, 3.8) is 0 Å². The zero-order valence-corrected chi connectivity index (χ0v) is 19.0. The second kappa shape index (κ2) is 8.49. The van der Waals surface area contributed by atoms with Gasteiger partial charge in [-0.1, -0.05) is 24.3 Å². The predicted molar refractivity (Wildman–Crippen MR) is 132 cm³/mol. The molecule has 0 fully saturated rings. The van der Waals surface area contributed by atoms with Gasteiger partial charge in [0.1, 0.15) is 11.2 Å². The van der Waals surface area contributed by atoms with E-state index in [2.05, 4.69) is 57.0 Å². The van der Waals surface area contributed by atoms with E-state index in [0.29, 0.717) is 0 Å². The molecule has 0 spiro atoms. The van der Waals surface area contributed by atoms with Crippen LogP contribution in [0.15, 0.2) is 54.7 Å². The maximum atomic E-state index is 9.48. The Bertz CT molecular complexity index is 1440. The predicted octanol–water partition coefficient (Wildman–Crippen LogP) is 4.46. The molecule has 2 aliphatic rings. The number of H-pyrrole nitrogens is 1. The number of aromatic amines is 1. The summed E-state index contributed by atoms with van der Waals surface area (Å²) in [4.78, 5) is 9.75. The SMILES string of the molecule is CNN1CC=C(c2ccc(-c3n[nH]c4ccc(-c5cccc6c5CCC6C#N)nc34)cn2)CC1. The maximum Gasteiger partial charge on any atom is 0.120 e. The number of pyridine rings is 2. The lowest BCUT2D eigenvalue weighted by Gasteiger charge is -2.24. The van der Waals surface area contributed by atoms with Crippen molar-refractivity contribution >= 4 is 16.6 Å². The second-order valence-electron chi connectivity index (χ2n) is 8.84. The van der Waals surface area contributed by atoms with Gasteiger partial charge in [-0.05, 0) is 67.3 Å². The lowest BCUT2D eigenvalue weighted by molar-refractivity contribution is 0.231. The highest BCUT2D eigenvalue weighted by Gasteiger charge is 2.25. The highest BCUT2D eigenvalue weighted by atomic mass is 15.5. The molecule has 1 aliphatic carbocycles. The van der Waals surface area contributed by atoms with Crippen molar-refractivity contribution in [1.29, 1.82) is 5.26 Å². The molecule has 1 unspecified atom stereocenters. The number of rotatable bonds is 4. The van der Waals surface area contributed by atoms with Crippen LogP contribution in [0.2, 0.25) is 0 Å². The summed E-state index contributed by atoms with van der Waals surface area (Å²) in [5.74, 6) is -0.0201. The van der Waals surface area contributed by atoms with Crippen molar-refractivity contribution in [3.8, 4) is 28.6 Å². The van der Waals surface area contributed by atoms with Crippen molar-refractivity contribution in [1.82, 2.24) is 30.6 Å².